The zero-order chi connectivity index (χ0) is 21.1. The number of phenols is 1. The summed E-state index contributed by atoms with van der Waals surface area (Å²) in [6.07, 6.45) is 1.60. The number of nitrogens with zero attached hydrogens (tertiary/aromatic N) is 3. The van der Waals surface area contributed by atoms with Gasteiger partial charge in [-0.2, -0.15) is 10.5 Å². The highest BCUT2D eigenvalue weighted by Gasteiger charge is 2.12. The average Bonchev–Trinajstić information content (AvgIpc) is 3.02. The fourth-order valence-electron chi connectivity index (χ4n) is 2.58. The summed E-state index contributed by atoms with van der Waals surface area (Å²) in [5.41, 5.74) is 0.512. The van der Waals surface area contributed by atoms with Crippen LogP contribution in [0, 0.1) is 22.7 Å². The summed E-state index contributed by atoms with van der Waals surface area (Å²) in [5.74, 6) is 0.182. The number of halogens is 2. The molecule has 0 aliphatic rings. The molecule has 3 rings (SSSR count). The molecule has 144 valence electrons. The number of ether oxygens (including phenoxy) is 1. The van der Waals surface area contributed by atoms with Crippen LogP contribution in [0.3, 0.4) is 0 Å². The van der Waals surface area contributed by atoms with Gasteiger partial charge in [-0.1, -0.05) is 11.6 Å². The van der Waals surface area contributed by atoms with Crippen molar-refractivity contribution in [2.75, 3.05) is 7.11 Å². The van der Waals surface area contributed by atoms with Crippen LogP contribution in [-0.4, -0.2) is 16.8 Å². The first-order valence-electron chi connectivity index (χ1n) is 8.00. The average molecular weight is 489 g/mol. The molecule has 29 heavy (non-hydrogen) atoms. The van der Waals surface area contributed by atoms with Crippen LogP contribution in [0.4, 0.5) is 0 Å². The molecule has 0 saturated heterocycles. The van der Waals surface area contributed by atoms with Gasteiger partial charge in [-0.3, -0.25) is 9.36 Å². The van der Waals surface area contributed by atoms with Crippen molar-refractivity contribution in [3.8, 4) is 29.3 Å². The molecule has 0 fully saturated rings. The summed E-state index contributed by atoms with van der Waals surface area (Å²) in [4.78, 5) is 13.1. The number of aromatic hydroxyl groups is 1. The van der Waals surface area contributed by atoms with Crippen LogP contribution in [0.5, 0.6) is 11.5 Å². The third-order valence-corrected chi connectivity index (χ3v) is 5.86. The Bertz CT molecular complexity index is 1350. The maximum Gasteiger partial charge on any atom is 0.273 e. The normalized spacial score (nSPS) is 11.0. The molecule has 0 aliphatic carbocycles. The molecule has 0 bridgehead atoms. The first kappa shape index (κ1) is 20.7. The Hall–Kier alpha value is -3.04. The van der Waals surface area contributed by atoms with Gasteiger partial charge in [0.05, 0.1) is 21.8 Å². The van der Waals surface area contributed by atoms with Crippen LogP contribution in [0.15, 0.2) is 45.7 Å². The van der Waals surface area contributed by atoms with E-state index in [1.54, 1.807) is 42.5 Å². The van der Waals surface area contributed by atoms with Gasteiger partial charge < -0.3 is 9.84 Å². The minimum absolute atomic E-state index is 0.0559. The van der Waals surface area contributed by atoms with Crippen LogP contribution >= 0.6 is 38.9 Å². The van der Waals surface area contributed by atoms with E-state index >= 15 is 0 Å². The van der Waals surface area contributed by atoms with Crippen molar-refractivity contribution in [2.45, 2.75) is 0 Å². The number of aromatic nitrogens is 1. The third-order valence-electron chi connectivity index (χ3n) is 3.91. The highest BCUT2D eigenvalue weighted by Crippen LogP contribution is 2.35. The number of hydrogen-bond acceptors (Lipinski definition) is 6. The Morgan fingerprint density at radius 3 is 2.52 bits per heavy atom. The smallest absolute Gasteiger partial charge is 0.273 e. The largest absolute Gasteiger partial charge is 0.503 e. The predicted octanol–water partition coefficient (Wildman–Crippen LogP) is 3.06. The summed E-state index contributed by atoms with van der Waals surface area (Å²) < 4.78 is 7.37. The summed E-state index contributed by atoms with van der Waals surface area (Å²) in [7, 11) is 1.42. The third kappa shape index (κ3) is 4.06. The lowest BCUT2D eigenvalue weighted by atomic mass is 10.2. The van der Waals surface area contributed by atoms with E-state index in [9.17, 15) is 20.4 Å². The Labute approximate surface area is 182 Å². The van der Waals surface area contributed by atoms with E-state index in [-0.39, 0.29) is 21.7 Å². The van der Waals surface area contributed by atoms with E-state index in [0.29, 0.717) is 25.3 Å². The van der Waals surface area contributed by atoms with E-state index in [1.807, 2.05) is 12.1 Å². The summed E-state index contributed by atoms with van der Waals surface area (Å²) in [5, 5.41) is 29.1. The fraction of sp³-hybridized carbons (Fsp3) is 0.0500. The van der Waals surface area contributed by atoms with Crippen molar-refractivity contribution in [1.29, 1.82) is 10.5 Å². The maximum absolute atomic E-state index is 13.1. The van der Waals surface area contributed by atoms with Gasteiger partial charge in [-0.25, -0.2) is 0 Å². The minimum atomic E-state index is -0.390. The molecule has 0 atom stereocenters. The predicted molar refractivity (Wildman–Crippen MR) is 115 cm³/mol. The van der Waals surface area contributed by atoms with E-state index in [4.69, 9.17) is 16.3 Å². The Kier molecular flexibility index (Phi) is 6.09. The number of nitriles is 2. The Morgan fingerprint density at radius 1 is 1.28 bits per heavy atom. The standard InChI is InChI=1S/C20H11BrClN3O3S/c1-28-16-7-11(6-15(21)18(16)26)8-17-19(27)25(14-4-2-13(22)3-5-14)20(29-17)12(9-23)10-24/h2-8,26H,1H3. The summed E-state index contributed by atoms with van der Waals surface area (Å²) >= 11 is 10.2. The van der Waals surface area contributed by atoms with Gasteiger partial charge in [0, 0.05) is 5.02 Å². The second kappa shape index (κ2) is 8.54. The Balaban J connectivity index is 2.37. The quantitative estimate of drug-likeness (QED) is 0.611. The van der Waals surface area contributed by atoms with Crippen molar-refractivity contribution >= 4 is 50.5 Å². The molecule has 9 heteroatoms. The molecule has 0 saturated carbocycles. The second-order valence-electron chi connectivity index (χ2n) is 5.68. The van der Waals surface area contributed by atoms with E-state index in [1.165, 1.54) is 11.7 Å². The number of methoxy groups -OCH3 is 1. The molecule has 0 amide bonds. The monoisotopic (exact) mass is 487 g/mol. The second-order valence-corrected chi connectivity index (χ2v) is 8.01. The number of hydrogen-bond donors (Lipinski definition) is 1. The molecule has 0 spiro atoms. The van der Waals surface area contributed by atoms with Gasteiger partial charge in [0.15, 0.2) is 17.1 Å². The van der Waals surface area contributed by atoms with Crippen LogP contribution in [0.25, 0.3) is 17.3 Å². The first-order valence-corrected chi connectivity index (χ1v) is 9.99. The zero-order valence-electron chi connectivity index (χ0n) is 14.8. The van der Waals surface area contributed by atoms with Gasteiger partial charge in [0.1, 0.15) is 16.8 Å². The van der Waals surface area contributed by atoms with Crippen molar-refractivity contribution in [2.24, 2.45) is 0 Å². The molecule has 6 nitrogen and oxygen atoms in total. The number of rotatable bonds is 3. The fourth-order valence-corrected chi connectivity index (χ4v) is 4.22. The van der Waals surface area contributed by atoms with Gasteiger partial charge in [0.2, 0.25) is 0 Å². The number of thiazole rings is 1. The van der Waals surface area contributed by atoms with Crippen LogP contribution in [0.2, 0.25) is 5.02 Å². The SMILES string of the molecule is COc1cc(C=c2sc(=C(C#N)C#N)n(-c3ccc(Cl)cc3)c2=O)cc(Br)c1O. The molecule has 0 radical (unpaired) electrons. The molecular weight excluding hydrogens is 478 g/mol. The van der Waals surface area contributed by atoms with Crippen LogP contribution in [0.1, 0.15) is 5.56 Å². The Morgan fingerprint density at radius 2 is 1.93 bits per heavy atom. The lowest BCUT2D eigenvalue weighted by Crippen LogP contribution is -2.30. The topological polar surface area (TPSA) is 99.0 Å². The van der Waals surface area contributed by atoms with Gasteiger partial charge in [-0.15, -0.1) is 11.3 Å². The highest BCUT2D eigenvalue weighted by atomic mass is 79.9. The molecule has 1 N–H and O–H groups in total. The van der Waals surface area contributed by atoms with Crippen molar-refractivity contribution in [1.82, 2.24) is 4.57 Å². The van der Waals surface area contributed by atoms with Crippen LogP contribution < -0.4 is 19.5 Å². The van der Waals surface area contributed by atoms with E-state index < -0.39 is 5.56 Å². The zero-order valence-corrected chi connectivity index (χ0v) is 18.0. The van der Waals surface area contributed by atoms with Crippen LogP contribution in [-0.2, 0) is 0 Å². The molecular formula is C20H11BrClN3O3S. The van der Waals surface area contributed by atoms with Gasteiger partial charge in [-0.05, 0) is 64.0 Å². The molecule has 2 aromatic carbocycles. The van der Waals surface area contributed by atoms with Crippen molar-refractivity contribution in [3.05, 3.63) is 71.0 Å². The molecule has 0 unspecified atom stereocenters. The summed E-state index contributed by atoms with van der Waals surface area (Å²) in [6, 6.07) is 13.4. The lowest BCUT2D eigenvalue weighted by molar-refractivity contribution is 0.372. The number of phenolic OH excluding ortho intramolecular Hbond substituents is 1. The van der Waals surface area contributed by atoms with Gasteiger partial charge >= 0.3 is 0 Å². The van der Waals surface area contributed by atoms with Gasteiger partial charge in [0.25, 0.3) is 5.56 Å². The highest BCUT2D eigenvalue weighted by molar-refractivity contribution is 9.10. The van der Waals surface area contributed by atoms with Crippen molar-refractivity contribution in [3.63, 3.8) is 0 Å². The van der Waals surface area contributed by atoms with Crippen molar-refractivity contribution < 1.29 is 9.84 Å². The molecule has 1 aromatic heterocycles. The molecule has 0 aliphatic heterocycles. The molecule has 1 heterocycles. The minimum Gasteiger partial charge on any atom is -0.503 e. The number of benzene rings is 2. The lowest BCUT2D eigenvalue weighted by Gasteiger charge is -2.06. The molecule has 3 aromatic rings. The maximum atomic E-state index is 13.1. The van der Waals surface area contributed by atoms with E-state index in [0.717, 1.165) is 11.3 Å². The summed E-state index contributed by atoms with van der Waals surface area (Å²) in [6.45, 7) is 0. The van der Waals surface area contributed by atoms with E-state index in [2.05, 4.69) is 15.9 Å². The first-order chi connectivity index (χ1) is 13.9.